The van der Waals surface area contributed by atoms with E-state index < -0.39 is 0 Å². The summed E-state index contributed by atoms with van der Waals surface area (Å²) < 4.78 is 5.65. The van der Waals surface area contributed by atoms with Crippen LogP contribution in [0.15, 0.2) is 12.3 Å². The SMILES string of the molecule is O=C(c1ccn[nH]1)N1CCC(OCCBr)CC1. The molecule has 0 unspecified atom stereocenters. The number of amides is 1. The van der Waals surface area contributed by atoms with Crippen LogP contribution < -0.4 is 0 Å². The minimum absolute atomic E-state index is 0.0291. The van der Waals surface area contributed by atoms with Crippen LogP contribution in [0.3, 0.4) is 0 Å². The Morgan fingerprint density at radius 1 is 1.59 bits per heavy atom. The number of halogens is 1. The van der Waals surface area contributed by atoms with Gasteiger partial charge in [0.15, 0.2) is 0 Å². The van der Waals surface area contributed by atoms with Gasteiger partial charge in [-0.2, -0.15) is 5.10 Å². The molecule has 1 aromatic rings. The molecule has 1 amide bonds. The molecule has 5 nitrogen and oxygen atoms in total. The smallest absolute Gasteiger partial charge is 0.271 e. The number of carbonyl (C=O) groups excluding carboxylic acids is 1. The molecule has 0 atom stereocenters. The van der Waals surface area contributed by atoms with Gasteiger partial charge in [0, 0.05) is 24.6 Å². The van der Waals surface area contributed by atoms with Crippen molar-refractivity contribution in [2.45, 2.75) is 18.9 Å². The number of nitrogens with zero attached hydrogens (tertiary/aromatic N) is 2. The van der Waals surface area contributed by atoms with Crippen LogP contribution in [0, 0.1) is 0 Å². The predicted molar refractivity (Wildman–Crippen MR) is 67.3 cm³/mol. The second kappa shape index (κ2) is 6.16. The molecule has 0 saturated carbocycles. The quantitative estimate of drug-likeness (QED) is 0.856. The molecule has 0 radical (unpaired) electrons. The third-order valence-corrected chi connectivity index (χ3v) is 3.21. The Morgan fingerprint density at radius 3 is 2.94 bits per heavy atom. The number of aromatic nitrogens is 2. The summed E-state index contributed by atoms with van der Waals surface area (Å²) in [5, 5.41) is 7.35. The van der Waals surface area contributed by atoms with Crippen LogP contribution in [-0.4, -0.2) is 52.1 Å². The van der Waals surface area contributed by atoms with E-state index in [0.717, 1.165) is 37.9 Å². The molecule has 2 rings (SSSR count). The number of nitrogens with one attached hydrogen (secondary N) is 1. The maximum absolute atomic E-state index is 12.0. The summed E-state index contributed by atoms with van der Waals surface area (Å²) in [6, 6.07) is 1.70. The van der Waals surface area contributed by atoms with Crippen molar-refractivity contribution in [1.29, 1.82) is 0 Å². The van der Waals surface area contributed by atoms with Crippen molar-refractivity contribution in [2.75, 3.05) is 25.0 Å². The molecule has 0 aromatic carbocycles. The lowest BCUT2D eigenvalue weighted by Gasteiger charge is -2.31. The molecule has 1 N–H and O–H groups in total. The fourth-order valence-corrected chi connectivity index (χ4v) is 2.17. The van der Waals surface area contributed by atoms with Gasteiger partial charge in [0.05, 0.1) is 12.7 Å². The molecule has 94 valence electrons. The second-order valence-electron chi connectivity index (χ2n) is 4.02. The summed E-state index contributed by atoms with van der Waals surface area (Å²) in [6.07, 6.45) is 3.71. The fraction of sp³-hybridized carbons (Fsp3) is 0.636. The summed E-state index contributed by atoms with van der Waals surface area (Å²) >= 11 is 3.34. The minimum Gasteiger partial charge on any atom is -0.377 e. The highest BCUT2D eigenvalue weighted by Gasteiger charge is 2.24. The molecule has 1 aromatic heterocycles. The van der Waals surface area contributed by atoms with Crippen molar-refractivity contribution >= 4 is 21.8 Å². The van der Waals surface area contributed by atoms with Crippen LogP contribution in [0.25, 0.3) is 0 Å². The topological polar surface area (TPSA) is 58.2 Å². The molecule has 17 heavy (non-hydrogen) atoms. The largest absolute Gasteiger partial charge is 0.377 e. The molecule has 1 fully saturated rings. The van der Waals surface area contributed by atoms with Gasteiger partial charge in [-0.3, -0.25) is 9.89 Å². The average molecular weight is 302 g/mol. The van der Waals surface area contributed by atoms with E-state index in [1.165, 1.54) is 0 Å². The van der Waals surface area contributed by atoms with Gasteiger partial charge in [-0.15, -0.1) is 0 Å². The summed E-state index contributed by atoms with van der Waals surface area (Å²) in [5.74, 6) is 0.0291. The van der Waals surface area contributed by atoms with E-state index in [-0.39, 0.29) is 5.91 Å². The number of rotatable bonds is 4. The standard InChI is InChI=1S/C11H16BrN3O2/c12-4-8-17-9-2-6-15(7-3-9)11(16)10-1-5-13-14-10/h1,5,9H,2-4,6-8H2,(H,13,14). The Hall–Kier alpha value is -0.880. The lowest BCUT2D eigenvalue weighted by Crippen LogP contribution is -2.41. The van der Waals surface area contributed by atoms with Crippen molar-refractivity contribution in [3.05, 3.63) is 18.0 Å². The first-order valence-corrected chi connectivity index (χ1v) is 6.89. The molecule has 2 heterocycles. The Morgan fingerprint density at radius 2 is 2.35 bits per heavy atom. The predicted octanol–water partition coefficient (Wildman–Crippen LogP) is 1.43. The number of hydrogen-bond donors (Lipinski definition) is 1. The Labute approximate surface area is 109 Å². The molecule has 0 spiro atoms. The lowest BCUT2D eigenvalue weighted by atomic mass is 10.1. The first-order chi connectivity index (χ1) is 8.31. The zero-order chi connectivity index (χ0) is 12.1. The van der Waals surface area contributed by atoms with Crippen LogP contribution in [-0.2, 0) is 4.74 Å². The van der Waals surface area contributed by atoms with Crippen molar-refractivity contribution in [1.82, 2.24) is 15.1 Å². The Balaban J connectivity index is 1.81. The summed E-state index contributed by atoms with van der Waals surface area (Å²) in [5.41, 5.74) is 0.560. The highest BCUT2D eigenvalue weighted by atomic mass is 79.9. The summed E-state index contributed by atoms with van der Waals surface area (Å²) in [7, 11) is 0. The van der Waals surface area contributed by atoms with Gasteiger partial charge in [-0.25, -0.2) is 0 Å². The minimum atomic E-state index is 0.0291. The van der Waals surface area contributed by atoms with E-state index in [1.807, 2.05) is 4.90 Å². The van der Waals surface area contributed by atoms with Gasteiger partial charge in [0.2, 0.25) is 0 Å². The van der Waals surface area contributed by atoms with Crippen LogP contribution >= 0.6 is 15.9 Å². The summed E-state index contributed by atoms with van der Waals surface area (Å²) in [6.45, 7) is 2.24. The maximum Gasteiger partial charge on any atom is 0.271 e. The maximum atomic E-state index is 12.0. The monoisotopic (exact) mass is 301 g/mol. The Kier molecular flexibility index (Phi) is 4.56. The van der Waals surface area contributed by atoms with Gasteiger partial charge in [-0.05, 0) is 18.9 Å². The number of H-pyrrole nitrogens is 1. The molecule has 0 aliphatic carbocycles. The van der Waals surface area contributed by atoms with E-state index in [1.54, 1.807) is 12.3 Å². The summed E-state index contributed by atoms with van der Waals surface area (Å²) in [4.78, 5) is 13.8. The molecular weight excluding hydrogens is 286 g/mol. The number of carbonyl (C=O) groups is 1. The normalized spacial score (nSPS) is 17.4. The highest BCUT2D eigenvalue weighted by Crippen LogP contribution is 2.15. The second-order valence-corrected chi connectivity index (χ2v) is 4.81. The number of piperidine rings is 1. The number of likely N-dealkylation sites (tertiary alicyclic amines) is 1. The van der Waals surface area contributed by atoms with Crippen molar-refractivity contribution in [2.24, 2.45) is 0 Å². The molecule has 1 saturated heterocycles. The zero-order valence-electron chi connectivity index (χ0n) is 9.56. The van der Waals surface area contributed by atoms with E-state index in [9.17, 15) is 4.79 Å². The van der Waals surface area contributed by atoms with Gasteiger partial charge < -0.3 is 9.64 Å². The third kappa shape index (κ3) is 3.29. The number of ether oxygens (including phenoxy) is 1. The van der Waals surface area contributed by atoms with Crippen LogP contribution in [0.5, 0.6) is 0 Å². The highest BCUT2D eigenvalue weighted by molar-refractivity contribution is 9.09. The van der Waals surface area contributed by atoms with Crippen molar-refractivity contribution < 1.29 is 9.53 Å². The first kappa shape index (κ1) is 12.6. The fourth-order valence-electron chi connectivity index (χ4n) is 1.98. The van der Waals surface area contributed by atoms with Crippen LogP contribution in [0.1, 0.15) is 23.3 Å². The van der Waals surface area contributed by atoms with Crippen molar-refractivity contribution in [3.63, 3.8) is 0 Å². The molecular formula is C11H16BrN3O2. The van der Waals surface area contributed by atoms with Gasteiger partial charge in [0.25, 0.3) is 5.91 Å². The Bertz CT molecular complexity index is 348. The van der Waals surface area contributed by atoms with Crippen LogP contribution in [0.4, 0.5) is 0 Å². The van der Waals surface area contributed by atoms with E-state index in [2.05, 4.69) is 26.1 Å². The van der Waals surface area contributed by atoms with Crippen molar-refractivity contribution in [3.8, 4) is 0 Å². The number of aromatic amines is 1. The zero-order valence-corrected chi connectivity index (χ0v) is 11.1. The van der Waals surface area contributed by atoms with E-state index >= 15 is 0 Å². The molecule has 0 bridgehead atoms. The van der Waals surface area contributed by atoms with E-state index in [0.29, 0.717) is 11.8 Å². The molecule has 1 aliphatic rings. The average Bonchev–Trinajstić information content (AvgIpc) is 2.90. The van der Waals surface area contributed by atoms with Gasteiger partial charge >= 0.3 is 0 Å². The van der Waals surface area contributed by atoms with E-state index in [4.69, 9.17) is 4.74 Å². The lowest BCUT2D eigenvalue weighted by molar-refractivity contribution is 0.0158. The van der Waals surface area contributed by atoms with Gasteiger partial charge in [0.1, 0.15) is 5.69 Å². The molecule has 6 heteroatoms. The molecule has 1 aliphatic heterocycles. The first-order valence-electron chi connectivity index (χ1n) is 5.77. The van der Waals surface area contributed by atoms with Gasteiger partial charge in [-0.1, -0.05) is 15.9 Å². The number of hydrogen-bond acceptors (Lipinski definition) is 3. The van der Waals surface area contributed by atoms with Crippen LogP contribution in [0.2, 0.25) is 0 Å². The number of alkyl halides is 1. The third-order valence-electron chi connectivity index (χ3n) is 2.89.